The highest BCUT2D eigenvalue weighted by molar-refractivity contribution is 6.09. The highest BCUT2D eigenvalue weighted by atomic mass is 16.6. The Morgan fingerprint density at radius 1 is 1.42 bits per heavy atom. The van der Waals surface area contributed by atoms with Crippen molar-refractivity contribution >= 4 is 29.2 Å². The predicted octanol–water partition coefficient (Wildman–Crippen LogP) is -0.0335. The Bertz CT molecular complexity index is 817. The lowest BCUT2D eigenvalue weighted by Gasteiger charge is -2.15. The maximum absolute atomic E-state index is 12.4. The molecule has 138 valence electrons. The monoisotopic (exact) mass is 365 g/mol. The molecule has 1 aromatic carbocycles. The number of aromatic carboxylic acids is 1. The number of nitro benzene ring substituents is 1. The molecule has 0 radical (unpaired) electrons. The van der Waals surface area contributed by atoms with E-state index in [4.69, 9.17) is 5.11 Å². The van der Waals surface area contributed by atoms with E-state index in [9.17, 15) is 29.6 Å². The Balaban J connectivity index is 2.46. The van der Waals surface area contributed by atoms with Crippen LogP contribution in [0, 0.1) is 10.1 Å². The van der Waals surface area contributed by atoms with E-state index in [2.05, 4.69) is 10.1 Å². The molecule has 0 atom stereocenters. The van der Waals surface area contributed by atoms with Crippen molar-refractivity contribution < 1.29 is 34.3 Å². The summed E-state index contributed by atoms with van der Waals surface area (Å²) in [6, 6.07) is 3.04. The van der Waals surface area contributed by atoms with Crippen molar-refractivity contribution in [2.75, 3.05) is 32.1 Å². The number of nitrogens with one attached hydrogen (secondary N) is 1. The number of hydrogen-bond donors (Lipinski definition) is 3. The van der Waals surface area contributed by atoms with Crippen LogP contribution in [0.2, 0.25) is 0 Å². The van der Waals surface area contributed by atoms with Gasteiger partial charge in [-0.25, -0.2) is 9.59 Å². The third-order valence-electron chi connectivity index (χ3n) is 3.66. The van der Waals surface area contributed by atoms with E-state index in [1.54, 1.807) is 0 Å². The number of nitrogens with zero attached hydrogens (tertiary/aromatic N) is 2. The zero-order valence-electron chi connectivity index (χ0n) is 13.6. The minimum Gasteiger partial charge on any atom is -0.478 e. The number of esters is 1. The van der Waals surface area contributed by atoms with E-state index in [1.807, 2.05) is 0 Å². The van der Waals surface area contributed by atoms with Gasteiger partial charge < -0.3 is 25.2 Å². The largest absolute Gasteiger partial charge is 0.478 e. The van der Waals surface area contributed by atoms with Gasteiger partial charge in [0.15, 0.2) is 0 Å². The third kappa shape index (κ3) is 3.62. The van der Waals surface area contributed by atoms with Crippen molar-refractivity contribution in [1.82, 2.24) is 4.90 Å². The first-order valence-corrected chi connectivity index (χ1v) is 7.30. The average Bonchev–Trinajstić information content (AvgIpc) is 2.91. The number of methoxy groups -OCH3 is 1. The van der Waals surface area contributed by atoms with E-state index in [0.717, 1.165) is 25.3 Å². The first-order valence-electron chi connectivity index (χ1n) is 7.30. The van der Waals surface area contributed by atoms with Crippen LogP contribution in [0.15, 0.2) is 29.5 Å². The summed E-state index contributed by atoms with van der Waals surface area (Å²) < 4.78 is 4.62. The lowest BCUT2D eigenvalue weighted by Crippen LogP contribution is -2.31. The Hall–Kier alpha value is -3.47. The molecule has 1 aliphatic rings. The Labute approximate surface area is 146 Å². The summed E-state index contributed by atoms with van der Waals surface area (Å²) in [7, 11) is 1.13. The molecule has 11 heteroatoms. The Kier molecular flexibility index (Phi) is 5.52. The third-order valence-corrected chi connectivity index (χ3v) is 3.66. The van der Waals surface area contributed by atoms with Gasteiger partial charge in [-0.2, -0.15) is 0 Å². The number of ether oxygens (including phenoxy) is 1. The van der Waals surface area contributed by atoms with Gasteiger partial charge in [-0.15, -0.1) is 0 Å². The molecule has 1 heterocycles. The Morgan fingerprint density at radius 3 is 2.65 bits per heavy atom. The van der Waals surface area contributed by atoms with Gasteiger partial charge in [0, 0.05) is 18.7 Å². The van der Waals surface area contributed by atoms with Crippen LogP contribution in [0.1, 0.15) is 10.4 Å². The number of benzene rings is 1. The number of anilines is 1. The highest BCUT2D eigenvalue weighted by Crippen LogP contribution is 2.27. The number of carboxylic acids is 1. The summed E-state index contributed by atoms with van der Waals surface area (Å²) in [5.41, 5.74) is -1.22. The fourth-order valence-electron chi connectivity index (χ4n) is 2.42. The topological polar surface area (TPSA) is 159 Å². The maximum Gasteiger partial charge on any atom is 0.338 e. The summed E-state index contributed by atoms with van der Waals surface area (Å²) in [5.74, 6) is -2.87. The van der Waals surface area contributed by atoms with Gasteiger partial charge in [-0.05, 0) is 6.07 Å². The number of carboxylic acid groups (broad SMARTS) is 1. The van der Waals surface area contributed by atoms with Crippen LogP contribution in [0.3, 0.4) is 0 Å². The van der Waals surface area contributed by atoms with E-state index in [1.165, 1.54) is 4.90 Å². The van der Waals surface area contributed by atoms with Crippen molar-refractivity contribution in [2.45, 2.75) is 0 Å². The molecule has 1 aliphatic heterocycles. The molecule has 0 spiro atoms. The molecule has 0 aliphatic carbocycles. The second-order valence-corrected chi connectivity index (χ2v) is 5.21. The quantitative estimate of drug-likeness (QED) is 0.342. The molecule has 1 aromatic rings. The van der Waals surface area contributed by atoms with Crippen molar-refractivity contribution in [3.63, 3.8) is 0 Å². The van der Waals surface area contributed by atoms with Gasteiger partial charge in [0.25, 0.3) is 11.6 Å². The molecular formula is C15H15N3O8. The molecule has 0 bridgehead atoms. The number of hydrogen-bond acceptors (Lipinski definition) is 8. The number of aliphatic hydroxyl groups excluding tert-OH is 1. The normalized spacial score (nSPS) is 13.8. The first-order chi connectivity index (χ1) is 12.3. The lowest BCUT2D eigenvalue weighted by atomic mass is 10.1. The van der Waals surface area contributed by atoms with Gasteiger partial charge in [0.2, 0.25) is 0 Å². The number of non-ortho nitro benzene ring substituents is 1. The van der Waals surface area contributed by atoms with E-state index >= 15 is 0 Å². The number of rotatable bonds is 7. The number of carbonyl (C=O) groups is 3. The van der Waals surface area contributed by atoms with E-state index in [-0.39, 0.29) is 36.7 Å². The lowest BCUT2D eigenvalue weighted by molar-refractivity contribution is -0.384. The summed E-state index contributed by atoms with van der Waals surface area (Å²) >= 11 is 0. The van der Waals surface area contributed by atoms with Crippen LogP contribution < -0.4 is 5.32 Å². The van der Waals surface area contributed by atoms with Crippen molar-refractivity contribution in [1.29, 1.82) is 0 Å². The SMILES string of the molecule is COC(=O)C1=C(Nc2ccc([N+](=O)[O-])cc2C(=O)O)C(=O)N(CCO)C1. The number of amides is 1. The average molecular weight is 365 g/mol. The summed E-state index contributed by atoms with van der Waals surface area (Å²) in [4.78, 5) is 47.0. The van der Waals surface area contributed by atoms with Crippen molar-refractivity contribution in [3.05, 3.63) is 45.1 Å². The number of aliphatic hydroxyl groups is 1. The fraction of sp³-hybridized carbons (Fsp3) is 0.267. The number of carbonyl (C=O) groups excluding carboxylic acids is 2. The Morgan fingerprint density at radius 2 is 2.12 bits per heavy atom. The van der Waals surface area contributed by atoms with Crippen LogP contribution in [0.4, 0.5) is 11.4 Å². The summed E-state index contributed by atoms with van der Waals surface area (Å²) in [5, 5.41) is 31.7. The molecule has 0 unspecified atom stereocenters. The van der Waals surface area contributed by atoms with Crippen LogP contribution in [0.5, 0.6) is 0 Å². The van der Waals surface area contributed by atoms with E-state index in [0.29, 0.717) is 0 Å². The molecule has 2 rings (SSSR count). The van der Waals surface area contributed by atoms with Crippen LogP contribution >= 0.6 is 0 Å². The summed E-state index contributed by atoms with van der Waals surface area (Å²) in [6.07, 6.45) is 0. The zero-order valence-corrected chi connectivity index (χ0v) is 13.6. The zero-order chi connectivity index (χ0) is 19.4. The predicted molar refractivity (Wildman–Crippen MR) is 86.4 cm³/mol. The smallest absolute Gasteiger partial charge is 0.338 e. The number of nitro groups is 1. The molecule has 11 nitrogen and oxygen atoms in total. The van der Waals surface area contributed by atoms with E-state index < -0.39 is 34.0 Å². The van der Waals surface area contributed by atoms with Gasteiger partial charge in [-0.3, -0.25) is 14.9 Å². The molecule has 0 saturated carbocycles. The van der Waals surface area contributed by atoms with Gasteiger partial charge in [-0.1, -0.05) is 0 Å². The molecule has 0 saturated heterocycles. The molecule has 0 fully saturated rings. The second kappa shape index (κ2) is 7.61. The number of β-amino-alcohol motifs (C(OH)–C–C–N with tert-alkyl or cyclic N) is 1. The highest BCUT2D eigenvalue weighted by Gasteiger charge is 2.35. The second-order valence-electron chi connectivity index (χ2n) is 5.21. The molecule has 1 amide bonds. The minimum absolute atomic E-state index is 0.0312. The standard InChI is InChI=1S/C15H15N3O8/c1-26-15(23)10-7-17(4-5-19)13(20)12(10)16-11-3-2-8(18(24)25)6-9(11)14(21)22/h2-3,6,16,19H,4-5,7H2,1H3,(H,21,22). The minimum atomic E-state index is -1.45. The summed E-state index contributed by atoms with van der Waals surface area (Å²) in [6.45, 7) is -0.480. The van der Waals surface area contributed by atoms with Gasteiger partial charge in [0.1, 0.15) is 5.70 Å². The molecule has 0 aromatic heterocycles. The van der Waals surface area contributed by atoms with Gasteiger partial charge in [0.05, 0.1) is 42.0 Å². The van der Waals surface area contributed by atoms with Crippen molar-refractivity contribution in [2.24, 2.45) is 0 Å². The fourth-order valence-corrected chi connectivity index (χ4v) is 2.42. The molecule has 3 N–H and O–H groups in total. The van der Waals surface area contributed by atoms with Crippen LogP contribution in [-0.4, -0.2) is 64.7 Å². The van der Waals surface area contributed by atoms with Crippen molar-refractivity contribution in [3.8, 4) is 0 Å². The first kappa shape index (κ1) is 18.9. The van der Waals surface area contributed by atoms with Crippen LogP contribution in [-0.2, 0) is 14.3 Å². The van der Waals surface area contributed by atoms with Gasteiger partial charge >= 0.3 is 11.9 Å². The molecule has 26 heavy (non-hydrogen) atoms. The maximum atomic E-state index is 12.4. The molecular weight excluding hydrogens is 350 g/mol. The van der Waals surface area contributed by atoms with Crippen LogP contribution in [0.25, 0.3) is 0 Å².